The summed E-state index contributed by atoms with van der Waals surface area (Å²) in [6.45, 7) is 1.84. The maximum atomic E-state index is 11.6. The number of ether oxygens (including phenoxy) is 1. The third-order valence-corrected chi connectivity index (χ3v) is 3.43. The lowest BCUT2D eigenvalue weighted by atomic mass is 10.0. The van der Waals surface area contributed by atoms with E-state index in [9.17, 15) is 15.0 Å². The number of aliphatic hydroxyl groups excluding tert-OH is 2. The van der Waals surface area contributed by atoms with Gasteiger partial charge in [-0.25, -0.2) is 4.79 Å². The number of rotatable bonds is 6. The predicted octanol–water partition coefficient (Wildman–Crippen LogP) is 1.71. The molecule has 122 valence electrons. The number of nitrogens with one attached hydrogen (secondary N) is 1. The number of hydrogen-bond acceptors (Lipinski definition) is 5. The van der Waals surface area contributed by atoms with Crippen molar-refractivity contribution < 1.29 is 19.7 Å². The van der Waals surface area contributed by atoms with E-state index in [4.69, 9.17) is 4.74 Å². The Hall–Kier alpha value is -2.44. The Morgan fingerprint density at radius 2 is 2.00 bits per heavy atom. The van der Waals surface area contributed by atoms with Gasteiger partial charge in [0, 0.05) is 24.5 Å². The third kappa shape index (κ3) is 5.05. The van der Waals surface area contributed by atoms with Crippen molar-refractivity contribution in [1.82, 2.24) is 10.3 Å². The van der Waals surface area contributed by atoms with Crippen LogP contribution in [0.1, 0.15) is 22.8 Å². The quantitative estimate of drug-likeness (QED) is 0.754. The Kier molecular flexibility index (Phi) is 6.08. The average Bonchev–Trinajstić information content (AvgIpc) is 2.58. The smallest absolute Gasteiger partial charge is 0.407 e. The van der Waals surface area contributed by atoms with Crippen molar-refractivity contribution in [2.45, 2.75) is 25.7 Å². The van der Waals surface area contributed by atoms with Crippen LogP contribution in [0.4, 0.5) is 4.79 Å². The second-order valence-corrected chi connectivity index (χ2v) is 5.19. The molecule has 0 aliphatic heterocycles. The van der Waals surface area contributed by atoms with Gasteiger partial charge in [-0.05, 0) is 24.1 Å². The van der Waals surface area contributed by atoms with Gasteiger partial charge in [0.1, 0.15) is 18.8 Å². The van der Waals surface area contributed by atoms with Crippen molar-refractivity contribution in [3.05, 3.63) is 65.5 Å². The van der Waals surface area contributed by atoms with Gasteiger partial charge < -0.3 is 20.3 Å². The van der Waals surface area contributed by atoms with E-state index in [1.165, 1.54) is 6.20 Å². The molecular formula is C17H20N2O4. The van der Waals surface area contributed by atoms with Gasteiger partial charge in [0.15, 0.2) is 0 Å². The van der Waals surface area contributed by atoms with E-state index >= 15 is 0 Å². The molecule has 0 aliphatic carbocycles. The highest BCUT2D eigenvalue weighted by atomic mass is 16.5. The van der Waals surface area contributed by atoms with E-state index in [1.807, 2.05) is 37.3 Å². The Balaban J connectivity index is 1.78. The minimum atomic E-state index is -1.15. The van der Waals surface area contributed by atoms with E-state index in [0.717, 1.165) is 11.1 Å². The van der Waals surface area contributed by atoms with Crippen LogP contribution in [-0.4, -0.2) is 33.9 Å². The van der Waals surface area contributed by atoms with Crippen molar-refractivity contribution >= 4 is 6.09 Å². The Morgan fingerprint density at radius 1 is 1.26 bits per heavy atom. The van der Waals surface area contributed by atoms with Crippen molar-refractivity contribution in [2.24, 2.45) is 0 Å². The molecule has 1 aromatic carbocycles. The van der Waals surface area contributed by atoms with Crippen LogP contribution in [0.5, 0.6) is 0 Å². The van der Waals surface area contributed by atoms with Crippen molar-refractivity contribution in [1.29, 1.82) is 0 Å². The number of carbonyl (C=O) groups excluding carboxylic acids is 1. The molecule has 0 radical (unpaired) electrons. The van der Waals surface area contributed by atoms with Gasteiger partial charge in [-0.3, -0.25) is 4.98 Å². The first-order chi connectivity index (χ1) is 11.1. The molecule has 2 atom stereocenters. The molecule has 2 aromatic rings. The molecule has 0 saturated heterocycles. The number of aliphatic hydroxyl groups is 2. The number of aryl methyl sites for hydroxylation is 1. The largest absolute Gasteiger partial charge is 0.445 e. The number of amides is 1. The maximum Gasteiger partial charge on any atom is 0.407 e. The van der Waals surface area contributed by atoms with E-state index in [1.54, 1.807) is 12.3 Å². The lowest BCUT2D eigenvalue weighted by molar-refractivity contribution is 0.0178. The molecular weight excluding hydrogens is 296 g/mol. The average molecular weight is 316 g/mol. The molecule has 1 aromatic heterocycles. The maximum absolute atomic E-state index is 11.6. The number of alkyl carbamates (subject to hydrolysis) is 1. The molecule has 0 fully saturated rings. The summed E-state index contributed by atoms with van der Waals surface area (Å²) in [4.78, 5) is 15.5. The molecule has 0 bridgehead atoms. The number of carbonyl (C=O) groups is 1. The minimum Gasteiger partial charge on any atom is -0.445 e. The SMILES string of the molecule is Cc1ccncc1C(O)C(O)CNC(=O)OCc1ccccc1. The van der Waals surface area contributed by atoms with Crippen LogP contribution < -0.4 is 5.32 Å². The van der Waals surface area contributed by atoms with E-state index in [2.05, 4.69) is 10.3 Å². The normalized spacial score (nSPS) is 13.2. The first-order valence-electron chi connectivity index (χ1n) is 7.29. The van der Waals surface area contributed by atoms with E-state index in [0.29, 0.717) is 5.56 Å². The molecule has 3 N–H and O–H groups in total. The molecule has 23 heavy (non-hydrogen) atoms. The third-order valence-electron chi connectivity index (χ3n) is 3.43. The zero-order chi connectivity index (χ0) is 16.7. The lowest BCUT2D eigenvalue weighted by Gasteiger charge is -2.19. The Morgan fingerprint density at radius 3 is 2.70 bits per heavy atom. The van der Waals surface area contributed by atoms with Crippen LogP contribution in [0.2, 0.25) is 0 Å². The van der Waals surface area contributed by atoms with Gasteiger partial charge in [-0.15, -0.1) is 0 Å². The monoisotopic (exact) mass is 316 g/mol. The lowest BCUT2D eigenvalue weighted by Crippen LogP contribution is -2.36. The second-order valence-electron chi connectivity index (χ2n) is 5.19. The van der Waals surface area contributed by atoms with Crippen LogP contribution in [0.25, 0.3) is 0 Å². The van der Waals surface area contributed by atoms with Crippen molar-refractivity contribution in [3.63, 3.8) is 0 Å². The van der Waals surface area contributed by atoms with Gasteiger partial charge >= 0.3 is 6.09 Å². The van der Waals surface area contributed by atoms with Gasteiger partial charge in [0.25, 0.3) is 0 Å². The predicted molar refractivity (Wildman–Crippen MR) is 84.6 cm³/mol. The molecule has 0 aliphatic rings. The van der Waals surface area contributed by atoms with Crippen molar-refractivity contribution in [2.75, 3.05) is 6.54 Å². The summed E-state index contributed by atoms with van der Waals surface area (Å²) in [7, 11) is 0. The van der Waals surface area contributed by atoms with Crippen molar-refractivity contribution in [3.8, 4) is 0 Å². The fraction of sp³-hybridized carbons (Fsp3) is 0.294. The summed E-state index contributed by atoms with van der Waals surface area (Å²) in [5.41, 5.74) is 2.21. The van der Waals surface area contributed by atoms with Gasteiger partial charge in [-0.2, -0.15) is 0 Å². The highest BCUT2D eigenvalue weighted by molar-refractivity contribution is 5.67. The van der Waals surface area contributed by atoms with Gasteiger partial charge in [0.05, 0.1) is 0 Å². The standard InChI is InChI=1S/C17H20N2O4/c1-12-7-8-18-9-14(12)16(21)15(20)10-19-17(22)23-11-13-5-3-2-4-6-13/h2-9,15-16,20-21H,10-11H2,1H3,(H,19,22). The molecule has 1 amide bonds. The first kappa shape index (κ1) is 16.9. The number of aromatic nitrogens is 1. The fourth-order valence-corrected chi connectivity index (χ4v) is 2.07. The molecule has 0 spiro atoms. The first-order valence-corrected chi connectivity index (χ1v) is 7.29. The topological polar surface area (TPSA) is 91.7 Å². The number of benzene rings is 1. The van der Waals surface area contributed by atoms with Crippen LogP contribution >= 0.6 is 0 Å². The Bertz CT molecular complexity index is 634. The van der Waals surface area contributed by atoms with E-state index < -0.39 is 18.3 Å². The zero-order valence-corrected chi connectivity index (χ0v) is 12.8. The zero-order valence-electron chi connectivity index (χ0n) is 12.8. The summed E-state index contributed by atoms with van der Waals surface area (Å²) < 4.78 is 5.03. The van der Waals surface area contributed by atoms with Gasteiger partial charge in [-0.1, -0.05) is 30.3 Å². The van der Waals surface area contributed by atoms with E-state index in [-0.39, 0.29) is 13.2 Å². The van der Waals surface area contributed by atoms with Crippen LogP contribution in [0.3, 0.4) is 0 Å². The second kappa shape index (κ2) is 8.26. The molecule has 6 heteroatoms. The molecule has 0 saturated carbocycles. The highest BCUT2D eigenvalue weighted by Gasteiger charge is 2.21. The summed E-state index contributed by atoms with van der Waals surface area (Å²) in [5.74, 6) is 0. The van der Waals surface area contributed by atoms with Crippen LogP contribution in [-0.2, 0) is 11.3 Å². The minimum absolute atomic E-state index is 0.122. The summed E-state index contributed by atoms with van der Waals surface area (Å²) in [5, 5.41) is 22.5. The summed E-state index contributed by atoms with van der Waals surface area (Å²) >= 11 is 0. The summed E-state index contributed by atoms with van der Waals surface area (Å²) in [6, 6.07) is 11.0. The molecule has 6 nitrogen and oxygen atoms in total. The Labute approximate surface area is 134 Å². The summed E-state index contributed by atoms with van der Waals surface area (Å²) in [6.07, 6.45) is 0.178. The van der Waals surface area contributed by atoms with Crippen LogP contribution in [0, 0.1) is 6.92 Å². The highest BCUT2D eigenvalue weighted by Crippen LogP contribution is 2.19. The molecule has 2 unspecified atom stereocenters. The van der Waals surface area contributed by atoms with Crippen LogP contribution in [0.15, 0.2) is 48.8 Å². The number of pyridine rings is 1. The fourth-order valence-electron chi connectivity index (χ4n) is 2.07. The van der Waals surface area contributed by atoms with Gasteiger partial charge in [0.2, 0.25) is 0 Å². The molecule has 2 rings (SSSR count). The number of hydrogen-bond donors (Lipinski definition) is 3. The number of nitrogens with zero attached hydrogens (tertiary/aromatic N) is 1. The molecule has 1 heterocycles.